The fourth-order valence-corrected chi connectivity index (χ4v) is 2.23. The quantitative estimate of drug-likeness (QED) is 0.827. The van der Waals surface area contributed by atoms with Crippen molar-refractivity contribution < 1.29 is 19.7 Å². The molecule has 0 radical (unpaired) electrons. The summed E-state index contributed by atoms with van der Waals surface area (Å²) in [4.78, 5) is 11.3. The van der Waals surface area contributed by atoms with Crippen LogP contribution in [-0.2, 0) is 6.61 Å². The zero-order valence-electron chi connectivity index (χ0n) is 13.2. The summed E-state index contributed by atoms with van der Waals surface area (Å²) in [6, 6.07) is 10.8. The molecule has 2 rings (SSSR count). The lowest BCUT2D eigenvalue weighted by Crippen LogP contribution is -2.03. The van der Waals surface area contributed by atoms with Crippen LogP contribution in [0.4, 0.5) is 0 Å². The van der Waals surface area contributed by atoms with Crippen LogP contribution in [0.1, 0.15) is 46.8 Å². The molecule has 2 aromatic carbocycles. The Morgan fingerprint density at radius 2 is 1.91 bits per heavy atom. The van der Waals surface area contributed by atoms with Gasteiger partial charge in [0.25, 0.3) is 0 Å². The van der Waals surface area contributed by atoms with E-state index in [1.165, 1.54) is 6.07 Å². The summed E-state index contributed by atoms with van der Waals surface area (Å²) in [7, 11) is 0. The van der Waals surface area contributed by atoms with Crippen molar-refractivity contribution in [3.63, 3.8) is 0 Å². The van der Waals surface area contributed by atoms with Gasteiger partial charge in [0.1, 0.15) is 23.7 Å². The third-order valence-electron chi connectivity index (χ3n) is 3.59. The molecule has 23 heavy (non-hydrogen) atoms. The molecular weight excluding hydrogens is 292 g/mol. The molecule has 2 aromatic rings. The predicted octanol–water partition coefficient (Wildman–Crippen LogP) is 4.44. The minimum absolute atomic E-state index is 0.0106. The van der Waals surface area contributed by atoms with Crippen molar-refractivity contribution in [3.8, 4) is 11.5 Å². The number of rotatable bonds is 6. The number of phenols is 1. The average molecular weight is 312 g/mol. The number of benzene rings is 2. The van der Waals surface area contributed by atoms with Gasteiger partial charge < -0.3 is 14.9 Å². The topological polar surface area (TPSA) is 66.8 Å². The van der Waals surface area contributed by atoms with Crippen molar-refractivity contribution >= 4 is 12.0 Å². The Morgan fingerprint density at radius 1 is 1.26 bits per heavy atom. The summed E-state index contributed by atoms with van der Waals surface area (Å²) < 4.78 is 5.70. The lowest BCUT2D eigenvalue weighted by atomic mass is 9.98. The summed E-state index contributed by atoms with van der Waals surface area (Å²) in [5, 5.41) is 19.3. The number of carboxylic acids is 1. The minimum Gasteiger partial charge on any atom is -0.507 e. The molecule has 4 heteroatoms. The third-order valence-corrected chi connectivity index (χ3v) is 3.59. The van der Waals surface area contributed by atoms with Crippen LogP contribution in [0.2, 0.25) is 0 Å². The highest BCUT2D eigenvalue weighted by molar-refractivity contribution is 5.92. The van der Waals surface area contributed by atoms with E-state index in [0.29, 0.717) is 17.9 Å². The van der Waals surface area contributed by atoms with E-state index >= 15 is 0 Å². The van der Waals surface area contributed by atoms with Crippen molar-refractivity contribution in [2.45, 2.75) is 26.4 Å². The summed E-state index contributed by atoms with van der Waals surface area (Å²) in [5.74, 6) is -0.958. The highest BCUT2D eigenvalue weighted by Crippen LogP contribution is 2.33. The van der Waals surface area contributed by atoms with Crippen molar-refractivity contribution in [2.24, 2.45) is 0 Å². The van der Waals surface area contributed by atoms with Gasteiger partial charge in [0.15, 0.2) is 0 Å². The van der Waals surface area contributed by atoms with Crippen LogP contribution < -0.4 is 4.74 Å². The number of aromatic carboxylic acids is 1. The van der Waals surface area contributed by atoms with Gasteiger partial charge in [-0.15, -0.1) is 0 Å². The minimum atomic E-state index is -1.18. The van der Waals surface area contributed by atoms with Gasteiger partial charge in [0.05, 0.1) is 0 Å². The number of hydrogen-bond acceptors (Lipinski definition) is 3. The summed E-state index contributed by atoms with van der Waals surface area (Å²) in [5.41, 5.74) is 2.40. The molecule has 0 aliphatic heterocycles. The smallest absolute Gasteiger partial charge is 0.339 e. The number of hydrogen-bond donors (Lipinski definition) is 2. The highest BCUT2D eigenvalue weighted by Gasteiger charge is 2.18. The van der Waals surface area contributed by atoms with Gasteiger partial charge in [-0.2, -0.15) is 0 Å². The second kappa shape index (κ2) is 7.01. The van der Waals surface area contributed by atoms with Crippen molar-refractivity contribution in [2.75, 3.05) is 0 Å². The summed E-state index contributed by atoms with van der Waals surface area (Å²) in [6.07, 6.45) is 1.76. The second-order valence-corrected chi connectivity index (χ2v) is 5.60. The van der Waals surface area contributed by atoms with Gasteiger partial charge in [-0.25, -0.2) is 4.79 Å². The van der Waals surface area contributed by atoms with Crippen LogP contribution in [0.3, 0.4) is 0 Å². The molecule has 0 unspecified atom stereocenters. The lowest BCUT2D eigenvalue weighted by molar-refractivity contribution is 0.0693. The fourth-order valence-electron chi connectivity index (χ4n) is 2.23. The molecule has 0 bridgehead atoms. The summed E-state index contributed by atoms with van der Waals surface area (Å²) in [6.45, 7) is 7.80. The molecule has 0 fully saturated rings. The molecule has 0 aliphatic rings. The molecule has 120 valence electrons. The molecule has 0 saturated carbocycles. The fraction of sp³-hybridized carbons (Fsp3) is 0.211. The first-order valence-electron chi connectivity index (χ1n) is 7.36. The standard InChI is InChI=1S/C19H20O4/c1-4-13-5-7-14(8-6-13)11-23-15-9-16(12(2)3)18(20)17(10-15)19(21)22/h4-10,12,20H,1,11H2,2-3H3,(H,21,22). The molecule has 0 atom stereocenters. The van der Waals surface area contributed by atoms with E-state index in [9.17, 15) is 15.0 Å². The van der Waals surface area contributed by atoms with Gasteiger partial charge in [-0.3, -0.25) is 0 Å². The highest BCUT2D eigenvalue weighted by atomic mass is 16.5. The maximum absolute atomic E-state index is 11.3. The van der Waals surface area contributed by atoms with Crippen LogP contribution in [-0.4, -0.2) is 16.2 Å². The van der Waals surface area contributed by atoms with Crippen molar-refractivity contribution in [1.29, 1.82) is 0 Å². The Kier molecular flexibility index (Phi) is 5.06. The number of aromatic hydroxyl groups is 1. The Bertz CT molecular complexity index is 715. The van der Waals surface area contributed by atoms with Gasteiger partial charge in [0.2, 0.25) is 0 Å². The van der Waals surface area contributed by atoms with Crippen LogP contribution in [0, 0.1) is 0 Å². The molecule has 0 heterocycles. The molecular formula is C19H20O4. The van der Waals surface area contributed by atoms with E-state index in [0.717, 1.165) is 11.1 Å². The van der Waals surface area contributed by atoms with E-state index < -0.39 is 5.97 Å². The van der Waals surface area contributed by atoms with Crippen molar-refractivity contribution in [1.82, 2.24) is 0 Å². The van der Waals surface area contributed by atoms with E-state index in [4.69, 9.17) is 4.74 Å². The number of carboxylic acid groups (broad SMARTS) is 1. The van der Waals surface area contributed by atoms with Crippen molar-refractivity contribution in [3.05, 3.63) is 65.2 Å². The van der Waals surface area contributed by atoms with Crippen LogP contribution in [0.5, 0.6) is 11.5 Å². The molecule has 0 aromatic heterocycles. The van der Waals surface area contributed by atoms with E-state index in [1.54, 1.807) is 12.1 Å². The third kappa shape index (κ3) is 3.92. The van der Waals surface area contributed by atoms with E-state index in [-0.39, 0.29) is 17.2 Å². The zero-order chi connectivity index (χ0) is 17.0. The maximum atomic E-state index is 11.3. The summed E-state index contributed by atoms with van der Waals surface area (Å²) >= 11 is 0. The average Bonchev–Trinajstić information content (AvgIpc) is 2.53. The Labute approximate surface area is 135 Å². The normalized spacial score (nSPS) is 10.6. The Balaban J connectivity index is 2.24. The van der Waals surface area contributed by atoms with Crippen LogP contribution >= 0.6 is 0 Å². The molecule has 0 saturated heterocycles. The predicted molar refractivity (Wildman–Crippen MR) is 90.0 cm³/mol. The Hall–Kier alpha value is -2.75. The molecule has 4 nitrogen and oxygen atoms in total. The van der Waals surface area contributed by atoms with Gasteiger partial charge >= 0.3 is 5.97 Å². The monoisotopic (exact) mass is 312 g/mol. The van der Waals surface area contributed by atoms with E-state index in [1.807, 2.05) is 38.1 Å². The largest absolute Gasteiger partial charge is 0.507 e. The first-order chi connectivity index (χ1) is 10.9. The molecule has 0 aliphatic carbocycles. The molecule has 0 amide bonds. The van der Waals surface area contributed by atoms with Gasteiger partial charge in [0, 0.05) is 5.56 Å². The molecule has 2 N–H and O–H groups in total. The maximum Gasteiger partial charge on any atom is 0.339 e. The number of ether oxygens (including phenoxy) is 1. The SMILES string of the molecule is C=Cc1ccc(COc2cc(C(=O)O)c(O)c(C(C)C)c2)cc1. The lowest BCUT2D eigenvalue weighted by Gasteiger charge is -2.14. The first-order valence-corrected chi connectivity index (χ1v) is 7.36. The Morgan fingerprint density at radius 3 is 2.43 bits per heavy atom. The second-order valence-electron chi connectivity index (χ2n) is 5.60. The van der Waals surface area contributed by atoms with Crippen LogP contribution in [0.25, 0.3) is 6.08 Å². The van der Waals surface area contributed by atoms with E-state index in [2.05, 4.69) is 6.58 Å². The number of carbonyl (C=O) groups is 1. The van der Waals surface area contributed by atoms with Gasteiger partial charge in [-0.1, -0.05) is 50.8 Å². The van der Waals surface area contributed by atoms with Gasteiger partial charge in [-0.05, 0) is 29.2 Å². The first kappa shape index (κ1) is 16.6. The molecule has 0 spiro atoms. The zero-order valence-corrected chi connectivity index (χ0v) is 13.2. The van der Waals surface area contributed by atoms with Crippen LogP contribution in [0.15, 0.2) is 43.0 Å².